The largest absolute Gasteiger partial charge is 0.494 e. The molecule has 0 saturated carbocycles. The van der Waals surface area contributed by atoms with Crippen LogP contribution in [-0.4, -0.2) is 49.8 Å². The minimum atomic E-state index is -3.90. The summed E-state index contributed by atoms with van der Waals surface area (Å²) in [6.45, 7) is -0.0871. The van der Waals surface area contributed by atoms with Crippen LogP contribution in [0.4, 0.5) is 8.78 Å². The lowest BCUT2D eigenvalue weighted by Crippen LogP contribution is -2.53. The third-order valence-corrected chi connectivity index (χ3v) is 10.5. The Morgan fingerprint density at radius 3 is 2.08 bits per heavy atom. The molecule has 0 unspecified atom stereocenters. The van der Waals surface area contributed by atoms with Crippen LogP contribution in [0, 0.1) is 11.6 Å². The third kappa shape index (κ3) is 8.20. The molecule has 0 aliphatic carbocycles. The number of hydrogen-bond acceptors (Lipinski definition) is 8. The number of aliphatic imine (C=N–C) groups is 1. The van der Waals surface area contributed by atoms with Crippen molar-refractivity contribution >= 4 is 21.6 Å². The second kappa shape index (κ2) is 16.3. The highest BCUT2D eigenvalue weighted by Crippen LogP contribution is 2.43. The zero-order chi connectivity index (χ0) is 36.6. The number of ether oxygens (including phenoxy) is 2. The molecule has 0 bridgehead atoms. The molecule has 2 atom stereocenters. The number of halogens is 2. The van der Waals surface area contributed by atoms with Crippen molar-refractivity contribution in [1.82, 2.24) is 10.9 Å². The highest BCUT2D eigenvalue weighted by atomic mass is 32.2. The summed E-state index contributed by atoms with van der Waals surface area (Å²) in [6, 6.07) is 35.2. The normalized spacial score (nSPS) is 16.9. The summed E-state index contributed by atoms with van der Waals surface area (Å²) in [5.74, 6) is -2.19. The van der Waals surface area contributed by atoms with Crippen molar-refractivity contribution in [3.63, 3.8) is 0 Å². The van der Waals surface area contributed by atoms with Gasteiger partial charge in [-0.2, -0.15) is 0 Å². The van der Waals surface area contributed by atoms with Gasteiger partial charge in [-0.1, -0.05) is 78.9 Å². The summed E-state index contributed by atoms with van der Waals surface area (Å²) in [4.78, 5) is 19.4. The molecule has 0 radical (unpaired) electrons. The summed E-state index contributed by atoms with van der Waals surface area (Å²) in [6.07, 6.45) is -0.947. The van der Waals surface area contributed by atoms with Crippen molar-refractivity contribution in [2.24, 2.45) is 4.99 Å². The Balaban J connectivity index is 1.39. The Bertz CT molecular complexity index is 2100. The molecule has 1 aliphatic heterocycles. The average Bonchev–Trinajstić information content (AvgIpc) is 3.57. The van der Waals surface area contributed by atoms with Crippen LogP contribution in [0.1, 0.15) is 35.6 Å². The molecule has 5 aromatic rings. The molecule has 0 aromatic heterocycles. The van der Waals surface area contributed by atoms with Crippen LogP contribution in [0.3, 0.4) is 0 Å². The number of rotatable bonds is 15. The predicted octanol–water partition coefficient (Wildman–Crippen LogP) is 6.33. The molecule has 1 heterocycles. The number of aliphatic hydroxyl groups is 1. The summed E-state index contributed by atoms with van der Waals surface area (Å²) in [5.41, 5.74) is 5.95. The molecule has 1 amide bonds. The quantitative estimate of drug-likeness (QED) is 0.0851. The minimum Gasteiger partial charge on any atom is -0.494 e. The maximum absolute atomic E-state index is 14.4. The van der Waals surface area contributed by atoms with Gasteiger partial charge in [0.15, 0.2) is 21.5 Å². The summed E-state index contributed by atoms with van der Waals surface area (Å²) in [5, 5.41) is 9.09. The van der Waals surface area contributed by atoms with E-state index in [0.29, 0.717) is 29.9 Å². The van der Waals surface area contributed by atoms with Gasteiger partial charge >= 0.3 is 0 Å². The Labute approximate surface area is 300 Å². The molecule has 3 N–H and O–H groups in total. The highest BCUT2D eigenvalue weighted by molar-refractivity contribution is 7.91. The molecule has 5 aromatic carbocycles. The standard InChI is InChI=1S/C40H37F2N3O6S/c41-35-13-7-14-36(42)34(35)27-43-45-39(47)40(23-26-52(48,49)33-11-5-2-6-12-33)37(30-17-15-29(16-18-30)28-9-3-1-4-10-28)51-38(44-40)31-19-21-32(22-20-31)50-25-8-24-46/h1-7,9-22,37,43,46H,8,23-27H2,(H,45,47)/t37-,40-/m0/s1. The monoisotopic (exact) mass is 725 g/mol. The predicted molar refractivity (Wildman–Crippen MR) is 193 cm³/mol. The van der Waals surface area contributed by atoms with Crippen LogP contribution in [0.5, 0.6) is 5.75 Å². The van der Waals surface area contributed by atoms with E-state index >= 15 is 0 Å². The van der Waals surface area contributed by atoms with Crippen molar-refractivity contribution in [2.75, 3.05) is 19.0 Å². The molecule has 0 saturated heterocycles. The van der Waals surface area contributed by atoms with Gasteiger partial charge in [-0.3, -0.25) is 10.2 Å². The number of benzene rings is 5. The lowest BCUT2D eigenvalue weighted by Gasteiger charge is -2.30. The van der Waals surface area contributed by atoms with Crippen LogP contribution in [-0.2, 0) is 25.9 Å². The Hall–Kier alpha value is -5.43. The highest BCUT2D eigenvalue weighted by Gasteiger charge is 2.53. The SMILES string of the molecule is O=C(NNCc1c(F)cccc1F)[C@@]1(CCS(=O)(=O)c2ccccc2)N=C(c2ccc(OCCCO)cc2)O[C@H]1c1ccc(-c2ccccc2)cc1. The zero-order valence-electron chi connectivity index (χ0n) is 28.0. The Morgan fingerprint density at radius 2 is 1.42 bits per heavy atom. The third-order valence-electron chi connectivity index (χ3n) is 8.73. The van der Waals surface area contributed by atoms with Gasteiger partial charge in [0.25, 0.3) is 5.91 Å². The topological polar surface area (TPSA) is 126 Å². The van der Waals surface area contributed by atoms with Crippen molar-refractivity contribution in [3.8, 4) is 16.9 Å². The zero-order valence-corrected chi connectivity index (χ0v) is 28.9. The van der Waals surface area contributed by atoms with Gasteiger partial charge in [0.2, 0.25) is 5.90 Å². The van der Waals surface area contributed by atoms with E-state index in [9.17, 15) is 22.0 Å². The summed E-state index contributed by atoms with van der Waals surface area (Å²) in [7, 11) is -3.90. The molecule has 9 nitrogen and oxygen atoms in total. The maximum Gasteiger partial charge on any atom is 0.266 e. The number of aliphatic hydroxyl groups excluding tert-OH is 1. The van der Waals surface area contributed by atoms with E-state index in [1.165, 1.54) is 18.2 Å². The fourth-order valence-electron chi connectivity index (χ4n) is 5.91. The number of hydrazine groups is 1. The first-order valence-electron chi connectivity index (χ1n) is 16.7. The van der Waals surface area contributed by atoms with Gasteiger partial charge < -0.3 is 14.6 Å². The fraction of sp³-hybridized carbons (Fsp3) is 0.200. The average molecular weight is 726 g/mol. The van der Waals surface area contributed by atoms with E-state index in [0.717, 1.165) is 23.3 Å². The van der Waals surface area contributed by atoms with Gasteiger partial charge in [-0.25, -0.2) is 27.6 Å². The van der Waals surface area contributed by atoms with E-state index in [-0.39, 0.29) is 29.4 Å². The van der Waals surface area contributed by atoms with E-state index in [1.807, 2.05) is 42.5 Å². The molecular weight excluding hydrogens is 689 g/mol. The first-order chi connectivity index (χ1) is 25.2. The molecule has 268 valence electrons. The maximum atomic E-state index is 14.4. The van der Waals surface area contributed by atoms with Gasteiger partial charge in [0, 0.05) is 37.1 Å². The Morgan fingerprint density at radius 1 is 0.808 bits per heavy atom. The molecular formula is C40H37F2N3O6S. The van der Waals surface area contributed by atoms with Crippen LogP contribution in [0.2, 0.25) is 0 Å². The fourth-order valence-corrected chi connectivity index (χ4v) is 7.30. The van der Waals surface area contributed by atoms with Gasteiger partial charge in [0.1, 0.15) is 17.4 Å². The smallest absolute Gasteiger partial charge is 0.266 e. The lowest BCUT2D eigenvalue weighted by molar-refractivity contribution is -0.130. The van der Waals surface area contributed by atoms with Gasteiger partial charge in [-0.15, -0.1) is 0 Å². The van der Waals surface area contributed by atoms with E-state index in [4.69, 9.17) is 19.6 Å². The minimum absolute atomic E-state index is 0.00925. The lowest BCUT2D eigenvalue weighted by atomic mass is 9.84. The van der Waals surface area contributed by atoms with Crippen LogP contribution < -0.4 is 15.6 Å². The second-order valence-electron chi connectivity index (χ2n) is 12.2. The Kier molecular flexibility index (Phi) is 11.4. The number of amides is 1. The molecule has 0 fully saturated rings. The van der Waals surface area contributed by atoms with Crippen molar-refractivity contribution in [2.45, 2.75) is 35.9 Å². The number of carbonyl (C=O) groups excluding carboxylic acids is 1. The number of sulfone groups is 1. The molecule has 1 aliphatic rings. The number of hydrogen-bond donors (Lipinski definition) is 3. The first-order valence-corrected chi connectivity index (χ1v) is 18.4. The van der Waals surface area contributed by atoms with Crippen LogP contribution in [0.25, 0.3) is 11.1 Å². The van der Waals surface area contributed by atoms with Crippen LogP contribution >= 0.6 is 0 Å². The molecule has 12 heteroatoms. The van der Waals surface area contributed by atoms with Crippen molar-refractivity contribution in [3.05, 3.63) is 156 Å². The number of carbonyl (C=O) groups is 1. The number of nitrogens with zero attached hydrogens (tertiary/aromatic N) is 1. The molecule has 52 heavy (non-hydrogen) atoms. The van der Waals surface area contributed by atoms with Crippen LogP contribution in [0.15, 0.2) is 137 Å². The summed E-state index contributed by atoms with van der Waals surface area (Å²) >= 11 is 0. The van der Waals surface area contributed by atoms with Gasteiger partial charge in [0.05, 0.1) is 17.3 Å². The molecule has 0 spiro atoms. The van der Waals surface area contributed by atoms with E-state index in [2.05, 4.69) is 10.9 Å². The summed E-state index contributed by atoms with van der Waals surface area (Å²) < 4.78 is 68.3. The molecule has 6 rings (SSSR count). The number of nitrogens with one attached hydrogen (secondary N) is 2. The van der Waals surface area contributed by atoms with Crippen molar-refractivity contribution < 1.29 is 36.6 Å². The first kappa shape index (κ1) is 36.4. The second-order valence-corrected chi connectivity index (χ2v) is 14.3. The van der Waals surface area contributed by atoms with Gasteiger partial charge in [-0.05, 0) is 65.2 Å². The van der Waals surface area contributed by atoms with E-state index in [1.54, 1.807) is 54.6 Å². The van der Waals surface area contributed by atoms with Crippen molar-refractivity contribution in [1.29, 1.82) is 0 Å². The van der Waals surface area contributed by atoms with E-state index < -0.39 is 51.3 Å².